The highest BCUT2D eigenvalue weighted by molar-refractivity contribution is 7.89. The number of hydrogen-bond donors (Lipinski definition) is 0. The second-order valence-corrected chi connectivity index (χ2v) is 11.5. The average Bonchev–Trinajstić information content (AvgIpc) is 3.37. The monoisotopic (exact) mass is 585 g/mol. The Labute approximate surface area is 235 Å². The number of rotatable bonds is 8. The van der Waals surface area contributed by atoms with Gasteiger partial charge in [0.1, 0.15) is 5.76 Å². The number of alkyl halides is 3. The van der Waals surface area contributed by atoms with Gasteiger partial charge in [-0.3, -0.25) is 0 Å². The molecule has 5 rings (SSSR count). The molecule has 0 atom stereocenters. The Kier molecular flexibility index (Phi) is 8.13. The molecule has 8 nitrogen and oxygen atoms in total. The number of amides is 1. The molecule has 214 valence electrons. The van der Waals surface area contributed by atoms with Crippen LogP contribution in [0, 0.1) is 0 Å². The van der Waals surface area contributed by atoms with Crippen LogP contribution in [0.2, 0.25) is 0 Å². The Morgan fingerprint density at radius 1 is 0.976 bits per heavy atom. The van der Waals surface area contributed by atoms with Gasteiger partial charge in [-0.05, 0) is 40.9 Å². The molecule has 0 saturated heterocycles. The van der Waals surface area contributed by atoms with E-state index in [4.69, 9.17) is 9.26 Å². The van der Waals surface area contributed by atoms with Crippen LogP contribution >= 0.6 is 0 Å². The topological polar surface area (TPSA) is 93.0 Å². The maximum absolute atomic E-state index is 13.3. The summed E-state index contributed by atoms with van der Waals surface area (Å²) in [5.74, 6) is 0.175. The van der Waals surface area contributed by atoms with Gasteiger partial charge in [0, 0.05) is 32.6 Å². The molecule has 1 aromatic heterocycles. The standard InChI is InChI=1S/C29H26F3N3O5S/c30-29(31,32)23-12-7-13-24(18-23)41(37,38)35-17-15-26-25(20-35)27(33-40-26)39-28(36)34(19-22-10-5-2-6-11-22)16-14-21-8-3-1-4-9-21/h1-13,18H,14-17,19-20H2. The summed E-state index contributed by atoms with van der Waals surface area (Å²) in [6, 6.07) is 22.6. The van der Waals surface area contributed by atoms with Crippen LogP contribution in [0.25, 0.3) is 0 Å². The van der Waals surface area contributed by atoms with Crippen molar-refractivity contribution >= 4 is 16.1 Å². The third kappa shape index (κ3) is 6.60. The van der Waals surface area contributed by atoms with Crippen LogP contribution < -0.4 is 4.74 Å². The van der Waals surface area contributed by atoms with Gasteiger partial charge >= 0.3 is 12.3 Å². The smallest absolute Gasteiger partial charge is 0.387 e. The molecule has 1 amide bonds. The Morgan fingerprint density at radius 2 is 1.66 bits per heavy atom. The lowest BCUT2D eigenvalue weighted by molar-refractivity contribution is -0.137. The fourth-order valence-electron chi connectivity index (χ4n) is 4.52. The lowest BCUT2D eigenvalue weighted by Gasteiger charge is -2.26. The molecule has 2 heterocycles. The molecular formula is C29H26F3N3O5S. The van der Waals surface area contributed by atoms with E-state index in [0.29, 0.717) is 24.8 Å². The molecule has 4 aromatic rings. The molecule has 0 aliphatic carbocycles. The van der Waals surface area contributed by atoms with Gasteiger partial charge in [-0.15, -0.1) is 0 Å². The molecule has 1 aliphatic heterocycles. The predicted octanol–water partition coefficient (Wildman–Crippen LogP) is 5.68. The van der Waals surface area contributed by atoms with Crippen LogP contribution in [0.1, 0.15) is 28.0 Å². The molecule has 0 saturated carbocycles. The van der Waals surface area contributed by atoms with E-state index in [0.717, 1.165) is 33.6 Å². The van der Waals surface area contributed by atoms with Crippen LogP contribution in [-0.2, 0) is 42.1 Å². The van der Waals surface area contributed by atoms with Crippen molar-refractivity contribution in [1.29, 1.82) is 0 Å². The summed E-state index contributed by atoms with van der Waals surface area (Å²) >= 11 is 0. The minimum Gasteiger partial charge on any atom is -0.387 e. The minimum absolute atomic E-state index is 0.0363. The minimum atomic E-state index is -4.69. The van der Waals surface area contributed by atoms with Crippen LogP contribution in [0.5, 0.6) is 5.88 Å². The highest BCUT2D eigenvalue weighted by Gasteiger charge is 2.36. The highest BCUT2D eigenvalue weighted by Crippen LogP contribution is 2.34. The Hall–Kier alpha value is -4.16. The van der Waals surface area contributed by atoms with Crippen molar-refractivity contribution in [3.8, 4) is 5.88 Å². The molecule has 0 bridgehead atoms. The summed E-state index contributed by atoms with van der Waals surface area (Å²) in [5.41, 5.74) is 1.11. The van der Waals surface area contributed by atoms with Gasteiger partial charge in [-0.2, -0.15) is 17.5 Å². The number of hydrogen-bond acceptors (Lipinski definition) is 6. The van der Waals surface area contributed by atoms with Crippen LogP contribution in [0.4, 0.5) is 18.0 Å². The zero-order chi connectivity index (χ0) is 29.0. The summed E-state index contributed by atoms with van der Waals surface area (Å²) < 4.78 is 78.1. The molecule has 0 unspecified atom stereocenters. The molecular weight excluding hydrogens is 559 g/mol. The number of ether oxygens (including phenoxy) is 1. The molecule has 41 heavy (non-hydrogen) atoms. The van der Waals surface area contributed by atoms with Crippen molar-refractivity contribution in [3.05, 3.63) is 113 Å². The number of nitrogens with zero attached hydrogens (tertiary/aromatic N) is 3. The van der Waals surface area contributed by atoms with Gasteiger partial charge in [0.05, 0.1) is 16.0 Å². The first-order valence-electron chi connectivity index (χ1n) is 12.8. The summed E-state index contributed by atoms with van der Waals surface area (Å²) in [4.78, 5) is 14.4. The number of carbonyl (C=O) groups excluding carboxylic acids is 1. The van der Waals surface area contributed by atoms with E-state index in [1.807, 2.05) is 60.7 Å². The average molecular weight is 586 g/mol. The third-order valence-electron chi connectivity index (χ3n) is 6.73. The van der Waals surface area contributed by atoms with Crippen LogP contribution in [-0.4, -0.2) is 42.0 Å². The number of aromatic nitrogens is 1. The first kappa shape index (κ1) is 28.4. The van der Waals surface area contributed by atoms with Crippen LogP contribution in [0.3, 0.4) is 0 Å². The summed E-state index contributed by atoms with van der Waals surface area (Å²) in [6.07, 6.45) is -4.70. The van der Waals surface area contributed by atoms with Gasteiger partial charge in [-0.25, -0.2) is 13.2 Å². The van der Waals surface area contributed by atoms with Crippen molar-refractivity contribution in [1.82, 2.24) is 14.4 Å². The first-order chi connectivity index (χ1) is 19.6. The Bertz CT molecular complexity index is 1610. The maximum Gasteiger partial charge on any atom is 0.417 e. The normalized spacial score (nSPS) is 13.9. The second kappa shape index (κ2) is 11.8. The third-order valence-corrected chi connectivity index (χ3v) is 8.57. The van der Waals surface area contributed by atoms with E-state index in [9.17, 15) is 26.4 Å². The number of sulfonamides is 1. The zero-order valence-corrected chi connectivity index (χ0v) is 22.6. The fourth-order valence-corrected chi connectivity index (χ4v) is 5.98. The van der Waals surface area contributed by atoms with E-state index < -0.39 is 32.8 Å². The summed E-state index contributed by atoms with van der Waals surface area (Å²) in [5, 5.41) is 3.87. The summed E-state index contributed by atoms with van der Waals surface area (Å²) in [6.45, 7) is 0.296. The molecule has 0 radical (unpaired) electrons. The largest absolute Gasteiger partial charge is 0.417 e. The molecule has 0 fully saturated rings. The maximum atomic E-state index is 13.3. The van der Waals surface area contributed by atoms with Crippen molar-refractivity contribution in [2.75, 3.05) is 13.1 Å². The quantitative estimate of drug-likeness (QED) is 0.264. The molecule has 3 aromatic carbocycles. The van der Waals surface area contributed by atoms with E-state index >= 15 is 0 Å². The van der Waals surface area contributed by atoms with E-state index in [-0.39, 0.29) is 37.5 Å². The number of benzene rings is 3. The van der Waals surface area contributed by atoms with Gasteiger partial charge < -0.3 is 14.2 Å². The van der Waals surface area contributed by atoms with E-state index in [2.05, 4.69) is 5.16 Å². The lowest BCUT2D eigenvalue weighted by atomic mass is 10.1. The van der Waals surface area contributed by atoms with Crippen LogP contribution in [0.15, 0.2) is 94.3 Å². The predicted molar refractivity (Wildman–Crippen MR) is 142 cm³/mol. The zero-order valence-electron chi connectivity index (χ0n) is 21.8. The van der Waals surface area contributed by atoms with E-state index in [1.54, 1.807) is 0 Å². The fraction of sp³-hybridized carbons (Fsp3) is 0.241. The summed E-state index contributed by atoms with van der Waals surface area (Å²) in [7, 11) is -4.29. The Balaban J connectivity index is 1.34. The molecule has 0 N–H and O–H groups in total. The molecule has 0 spiro atoms. The van der Waals surface area contributed by atoms with Crippen molar-refractivity contribution < 1.29 is 35.6 Å². The SMILES string of the molecule is O=C(Oc1noc2c1CN(S(=O)(=O)c1cccc(C(F)(F)F)c1)CC2)N(CCc1ccccc1)Cc1ccccc1. The number of halogens is 3. The first-order valence-corrected chi connectivity index (χ1v) is 14.2. The van der Waals surface area contributed by atoms with Gasteiger partial charge in [0.15, 0.2) is 0 Å². The number of fused-ring (bicyclic) bond motifs is 1. The Morgan fingerprint density at radius 3 is 2.34 bits per heavy atom. The molecule has 12 heteroatoms. The van der Waals surface area contributed by atoms with Crippen molar-refractivity contribution in [3.63, 3.8) is 0 Å². The number of carbonyl (C=O) groups is 1. The van der Waals surface area contributed by atoms with Crippen molar-refractivity contribution in [2.24, 2.45) is 0 Å². The second-order valence-electron chi connectivity index (χ2n) is 9.51. The highest BCUT2D eigenvalue weighted by atomic mass is 32.2. The van der Waals surface area contributed by atoms with E-state index in [1.165, 1.54) is 4.90 Å². The van der Waals surface area contributed by atoms with Gasteiger partial charge in [-0.1, -0.05) is 66.7 Å². The van der Waals surface area contributed by atoms with Gasteiger partial charge in [0.2, 0.25) is 10.0 Å². The van der Waals surface area contributed by atoms with Gasteiger partial charge in [0.25, 0.3) is 5.88 Å². The lowest BCUT2D eigenvalue weighted by Crippen LogP contribution is -2.37. The molecule has 1 aliphatic rings. The van der Waals surface area contributed by atoms with Crippen molar-refractivity contribution in [2.45, 2.75) is 37.0 Å².